The normalized spacial score (nSPS) is 10.2. The predicted octanol–water partition coefficient (Wildman–Crippen LogP) is 3.78. The number of rotatable bonds is 6. The van der Waals surface area contributed by atoms with Crippen LogP contribution in [-0.4, -0.2) is 19.4 Å². The molecule has 3 heteroatoms. The van der Waals surface area contributed by atoms with E-state index in [9.17, 15) is 4.79 Å². The molecule has 0 saturated carbocycles. The molecule has 0 N–H and O–H groups in total. The number of carbonyl (C=O) groups is 1. The summed E-state index contributed by atoms with van der Waals surface area (Å²) in [6.45, 7) is 6.04. The van der Waals surface area contributed by atoms with Gasteiger partial charge in [-0.05, 0) is 25.5 Å². The summed E-state index contributed by atoms with van der Waals surface area (Å²) in [6, 6.07) is 5.45. The fourth-order valence-electron chi connectivity index (χ4n) is 1.74. The second-order valence-electron chi connectivity index (χ2n) is 3.73. The van der Waals surface area contributed by atoms with Crippen LogP contribution in [-0.2, 0) is 0 Å². The van der Waals surface area contributed by atoms with E-state index in [1.807, 2.05) is 18.2 Å². The molecule has 0 radical (unpaired) electrons. The predicted molar refractivity (Wildman–Crippen MR) is 69.6 cm³/mol. The lowest BCUT2D eigenvalue weighted by molar-refractivity contribution is 0.112. The van der Waals surface area contributed by atoms with E-state index < -0.39 is 0 Å². The molecule has 0 saturated heterocycles. The van der Waals surface area contributed by atoms with Crippen molar-refractivity contribution >= 4 is 23.6 Å². The van der Waals surface area contributed by atoms with E-state index >= 15 is 0 Å². The molecule has 0 aliphatic heterocycles. The first-order valence-corrected chi connectivity index (χ1v) is 6.11. The Kier molecular flexibility index (Phi) is 5.33. The molecule has 0 fully saturated rings. The number of carbonyl (C=O) groups excluding carboxylic acids is 1. The number of hydrogen-bond donors (Lipinski definition) is 0. The molecule has 0 atom stereocenters. The Labute approximate surface area is 102 Å². The number of halogens is 1. The molecule has 0 bridgehead atoms. The van der Waals surface area contributed by atoms with Gasteiger partial charge in [0.1, 0.15) is 0 Å². The van der Waals surface area contributed by atoms with Crippen molar-refractivity contribution in [1.29, 1.82) is 0 Å². The summed E-state index contributed by atoms with van der Waals surface area (Å²) in [4.78, 5) is 13.2. The van der Waals surface area contributed by atoms with Crippen LogP contribution in [0.15, 0.2) is 18.2 Å². The standard InChI is InChI=1S/C13H18ClNO/c1-3-5-9-15(4-2)13-11(10-16)7-6-8-12(13)14/h6-8,10H,3-5,9H2,1-2H3. The molecule has 1 rings (SSSR count). The Morgan fingerprint density at radius 2 is 2.12 bits per heavy atom. The van der Waals surface area contributed by atoms with E-state index in [0.717, 1.165) is 37.9 Å². The van der Waals surface area contributed by atoms with Crippen LogP contribution in [0.4, 0.5) is 5.69 Å². The maximum Gasteiger partial charge on any atom is 0.152 e. The zero-order chi connectivity index (χ0) is 12.0. The third-order valence-corrected chi connectivity index (χ3v) is 2.93. The smallest absolute Gasteiger partial charge is 0.152 e. The summed E-state index contributed by atoms with van der Waals surface area (Å²) in [5.74, 6) is 0. The molecule has 0 heterocycles. The van der Waals surface area contributed by atoms with Crippen LogP contribution in [0.5, 0.6) is 0 Å². The average Bonchev–Trinajstić information content (AvgIpc) is 2.31. The van der Waals surface area contributed by atoms with Gasteiger partial charge in [0.15, 0.2) is 6.29 Å². The third kappa shape index (κ3) is 2.99. The molecule has 0 unspecified atom stereocenters. The number of aldehydes is 1. The van der Waals surface area contributed by atoms with E-state index in [0.29, 0.717) is 10.6 Å². The van der Waals surface area contributed by atoms with Crippen molar-refractivity contribution in [2.24, 2.45) is 0 Å². The minimum absolute atomic E-state index is 0.655. The zero-order valence-corrected chi connectivity index (χ0v) is 10.6. The third-order valence-electron chi connectivity index (χ3n) is 2.62. The molecular formula is C13H18ClNO. The highest BCUT2D eigenvalue weighted by Crippen LogP contribution is 2.29. The Hall–Kier alpha value is -1.02. The lowest BCUT2D eigenvalue weighted by atomic mass is 10.1. The molecule has 88 valence electrons. The highest BCUT2D eigenvalue weighted by Gasteiger charge is 2.12. The minimum atomic E-state index is 0.655. The molecule has 0 aliphatic carbocycles. The van der Waals surface area contributed by atoms with Crippen molar-refractivity contribution in [3.63, 3.8) is 0 Å². The van der Waals surface area contributed by atoms with Gasteiger partial charge in [0.05, 0.1) is 10.7 Å². The highest BCUT2D eigenvalue weighted by atomic mass is 35.5. The van der Waals surface area contributed by atoms with Gasteiger partial charge in [0.2, 0.25) is 0 Å². The SMILES string of the molecule is CCCCN(CC)c1c(Cl)cccc1C=O. The van der Waals surface area contributed by atoms with E-state index in [1.165, 1.54) is 0 Å². The Bertz CT molecular complexity index is 352. The molecular weight excluding hydrogens is 222 g/mol. The first-order chi connectivity index (χ1) is 7.74. The number of hydrogen-bond acceptors (Lipinski definition) is 2. The number of nitrogens with zero attached hydrogens (tertiary/aromatic N) is 1. The van der Waals surface area contributed by atoms with Crippen molar-refractivity contribution in [3.05, 3.63) is 28.8 Å². The summed E-state index contributed by atoms with van der Waals surface area (Å²) in [7, 11) is 0. The van der Waals surface area contributed by atoms with Crippen LogP contribution in [0, 0.1) is 0 Å². The number of unbranched alkanes of at least 4 members (excludes halogenated alkanes) is 1. The van der Waals surface area contributed by atoms with Crippen molar-refractivity contribution in [3.8, 4) is 0 Å². The molecule has 1 aromatic carbocycles. The number of anilines is 1. The van der Waals surface area contributed by atoms with Gasteiger partial charge < -0.3 is 4.90 Å². The fourth-order valence-corrected chi connectivity index (χ4v) is 2.04. The first-order valence-electron chi connectivity index (χ1n) is 5.73. The van der Waals surface area contributed by atoms with Gasteiger partial charge in [-0.2, -0.15) is 0 Å². The fraction of sp³-hybridized carbons (Fsp3) is 0.462. The first kappa shape index (κ1) is 13.0. The molecule has 0 spiro atoms. The molecule has 16 heavy (non-hydrogen) atoms. The van der Waals surface area contributed by atoms with Crippen LogP contribution >= 0.6 is 11.6 Å². The topological polar surface area (TPSA) is 20.3 Å². The van der Waals surface area contributed by atoms with E-state index in [2.05, 4.69) is 18.7 Å². The van der Waals surface area contributed by atoms with E-state index in [-0.39, 0.29) is 0 Å². The van der Waals surface area contributed by atoms with Gasteiger partial charge in [-0.1, -0.05) is 31.0 Å². The second-order valence-corrected chi connectivity index (χ2v) is 4.14. The summed E-state index contributed by atoms with van der Waals surface area (Å²) in [5.41, 5.74) is 1.54. The Morgan fingerprint density at radius 1 is 1.38 bits per heavy atom. The highest BCUT2D eigenvalue weighted by molar-refractivity contribution is 6.33. The van der Waals surface area contributed by atoms with Crippen LogP contribution in [0.1, 0.15) is 37.0 Å². The van der Waals surface area contributed by atoms with Gasteiger partial charge >= 0.3 is 0 Å². The lowest BCUT2D eigenvalue weighted by Gasteiger charge is -2.25. The molecule has 0 aliphatic rings. The van der Waals surface area contributed by atoms with Gasteiger partial charge in [-0.3, -0.25) is 4.79 Å². The maximum atomic E-state index is 11.0. The van der Waals surface area contributed by atoms with Gasteiger partial charge in [0.25, 0.3) is 0 Å². The van der Waals surface area contributed by atoms with Crippen LogP contribution in [0.2, 0.25) is 5.02 Å². The number of para-hydroxylation sites is 1. The maximum absolute atomic E-state index is 11.0. The largest absolute Gasteiger partial charge is 0.370 e. The second kappa shape index (κ2) is 6.54. The monoisotopic (exact) mass is 239 g/mol. The Morgan fingerprint density at radius 3 is 2.69 bits per heavy atom. The van der Waals surface area contributed by atoms with Crippen molar-refractivity contribution < 1.29 is 4.79 Å². The van der Waals surface area contributed by atoms with Gasteiger partial charge in [-0.25, -0.2) is 0 Å². The van der Waals surface area contributed by atoms with Crippen LogP contribution in [0.3, 0.4) is 0 Å². The van der Waals surface area contributed by atoms with E-state index in [1.54, 1.807) is 0 Å². The van der Waals surface area contributed by atoms with Gasteiger partial charge in [-0.15, -0.1) is 0 Å². The summed E-state index contributed by atoms with van der Waals surface area (Å²) in [6.07, 6.45) is 3.12. The minimum Gasteiger partial charge on any atom is -0.370 e. The lowest BCUT2D eigenvalue weighted by Crippen LogP contribution is -2.25. The summed E-state index contributed by atoms with van der Waals surface area (Å²) in [5, 5.41) is 0.655. The molecule has 1 aromatic rings. The van der Waals surface area contributed by atoms with Crippen LogP contribution in [0.25, 0.3) is 0 Å². The summed E-state index contributed by atoms with van der Waals surface area (Å²) < 4.78 is 0. The van der Waals surface area contributed by atoms with Crippen LogP contribution < -0.4 is 4.90 Å². The quantitative estimate of drug-likeness (QED) is 0.705. The van der Waals surface area contributed by atoms with Crippen molar-refractivity contribution in [2.75, 3.05) is 18.0 Å². The molecule has 2 nitrogen and oxygen atoms in total. The van der Waals surface area contributed by atoms with Crippen molar-refractivity contribution in [2.45, 2.75) is 26.7 Å². The van der Waals surface area contributed by atoms with E-state index in [4.69, 9.17) is 11.6 Å². The molecule has 0 amide bonds. The van der Waals surface area contributed by atoms with Gasteiger partial charge in [0, 0.05) is 18.7 Å². The Balaban J connectivity index is 3.02. The zero-order valence-electron chi connectivity index (χ0n) is 9.87. The summed E-state index contributed by atoms with van der Waals surface area (Å²) >= 11 is 6.16. The molecule has 0 aromatic heterocycles. The van der Waals surface area contributed by atoms with Crippen molar-refractivity contribution in [1.82, 2.24) is 0 Å². The number of benzene rings is 1. The average molecular weight is 240 g/mol.